The normalized spacial score (nSPS) is 14.2. The summed E-state index contributed by atoms with van der Waals surface area (Å²) < 4.78 is 0. The van der Waals surface area contributed by atoms with Gasteiger partial charge in [0.05, 0.1) is 12.4 Å². The van der Waals surface area contributed by atoms with Gasteiger partial charge in [0.25, 0.3) is 0 Å². The number of nitrogens with zero attached hydrogens (tertiary/aromatic N) is 1. The zero-order valence-corrected chi connectivity index (χ0v) is 20.7. The van der Waals surface area contributed by atoms with E-state index >= 15 is 0 Å². The van der Waals surface area contributed by atoms with Crippen LogP contribution in [0.25, 0.3) is 0 Å². The second-order valence-corrected chi connectivity index (χ2v) is 8.98. The largest absolute Gasteiger partial charge is 0.481 e. The van der Waals surface area contributed by atoms with Gasteiger partial charge in [-0.3, -0.25) is 24.0 Å². The van der Waals surface area contributed by atoms with Crippen molar-refractivity contribution in [2.75, 3.05) is 0 Å². The molecule has 15 heteroatoms. The molecule has 0 saturated carbocycles. The lowest BCUT2D eigenvalue weighted by molar-refractivity contribution is -0.142. The lowest BCUT2D eigenvalue weighted by Gasteiger charge is -2.26. The van der Waals surface area contributed by atoms with E-state index in [0.717, 1.165) is 0 Å². The maximum Gasteiger partial charge on any atom is 0.326 e. The minimum atomic E-state index is -1.36. The SMILES string of the molecule is CC(C)CC(NC(=O)C(CCC(=O)O)NC(=O)C(N)CCC(N)=O)C(=O)NC(Cc1cnc[nH]1)C(=O)O. The summed E-state index contributed by atoms with van der Waals surface area (Å²) in [5, 5.41) is 25.8. The third-order valence-corrected chi connectivity index (χ3v) is 5.25. The summed E-state index contributed by atoms with van der Waals surface area (Å²) in [6.45, 7) is 3.57. The molecular weight excluding hydrogens is 490 g/mol. The molecule has 15 nitrogen and oxygen atoms in total. The maximum absolute atomic E-state index is 13.0. The Morgan fingerprint density at radius 3 is 2.03 bits per heavy atom. The third-order valence-electron chi connectivity index (χ3n) is 5.25. The molecule has 1 heterocycles. The van der Waals surface area contributed by atoms with Crippen LogP contribution in [0.4, 0.5) is 0 Å². The van der Waals surface area contributed by atoms with Gasteiger partial charge in [0.15, 0.2) is 0 Å². The molecule has 37 heavy (non-hydrogen) atoms. The van der Waals surface area contributed by atoms with Crippen LogP contribution >= 0.6 is 0 Å². The average molecular weight is 526 g/mol. The molecule has 1 aromatic heterocycles. The number of carboxylic acid groups (broad SMARTS) is 2. The molecule has 1 aromatic rings. The lowest BCUT2D eigenvalue weighted by atomic mass is 10.0. The molecule has 0 fully saturated rings. The van der Waals surface area contributed by atoms with Crippen LogP contribution in [0.2, 0.25) is 0 Å². The maximum atomic E-state index is 13.0. The summed E-state index contributed by atoms with van der Waals surface area (Å²) in [6, 6.07) is -5.03. The molecule has 1 rings (SSSR count). The number of aliphatic carboxylic acids is 2. The highest BCUT2D eigenvalue weighted by Gasteiger charge is 2.31. The number of carbonyl (C=O) groups is 6. The van der Waals surface area contributed by atoms with Gasteiger partial charge in [-0.1, -0.05) is 13.8 Å². The molecule has 206 valence electrons. The molecule has 10 N–H and O–H groups in total. The highest BCUT2D eigenvalue weighted by Crippen LogP contribution is 2.09. The molecule has 0 bridgehead atoms. The fourth-order valence-corrected chi connectivity index (χ4v) is 3.31. The van der Waals surface area contributed by atoms with Crippen molar-refractivity contribution in [1.82, 2.24) is 25.9 Å². The number of H-pyrrole nitrogens is 1. The van der Waals surface area contributed by atoms with Crippen molar-refractivity contribution in [1.29, 1.82) is 0 Å². The van der Waals surface area contributed by atoms with Gasteiger partial charge in [-0.2, -0.15) is 0 Å². The number of carboxylic acids is 2. The number of amides is 4. The fraction of sp³-hybridized carbons (Fsp3) is 0.591. The molecule has 0 aromatic carbocycles. The van der Waals surface area contributed by atoms with Gasteiger partial charge >= 0.3 is 11.9 Å². The Morgan fingerprint density at radius 2 is 1.51 bits per heavy atom. The summed E-state index contributed by atoms with van der Waals surface area (Å²) in [7, 11) is 0. The zero-order chi connectivity index (χ0) is 28.1. The van der Waals surface area contributed by atoms with Crippen LogP contribution in [-0.4, -0.2) is 79.9 Å². The number of nitrogens with two attached hydrogens (primary N) is 2. The van der Waals surface area contributed by atoms with Crippen molar-refractivity contribution < 1.29 is 39.0 Å². The van der Waals surface area contributed by atoms with Crippen molar-refractivity contribution >= 4 is 35.6 Å². The van der Waals surface area contributed by atoms with Gasteiger partial charge < -0.3 is 42.6 Å². The van der Waals surface area contributed by atoms with Gasteiger partial charge in [0.2, 0.25) is 23.6 Å². The molecule has 4 atom stereocenters. The smallest absolute Gasteiger partial charge is 0.326 e. The molecule has 0 aliphatic carbocycles. The van der Waals surface area contributed by atoms with Crippen molar-refractivity contribution in [3.05, 3.63) is 18.2 Å². The van der Waals surface area contributed by atoms with E-state index in [4.69, 9.17) is 16.6 Å². The first-order valence-electron chi connectivity index (χ1n) is 11.7. The first kappa shape index (κ1) is 31.0. The number of hydrogen-bond donors (Lipinski definition) is 8. The number of aromatic amines is 1. The molecule has 4 unspecified atom stereocenters. The van der Waals surface area contributed by atoms with E-state index in [1.54, 1.807) is 13.8 Å². The molecular formula is C22H35N7O8. The Kier molecular flexibility index (Phi) is 12.7. The van der Waals surface area contributed by atoms with Crippen LogP contribution in [0.1, 0.15) is 51.6 Å². The quantitative estimate of drug-likeness (QED) is 0.111. The monoisotopic (exact) mass is 525 g/mol. The Hall–Kier alpha value is -4.01. The van der Waals surface area contributed by atoms with E-state index in [1.165, 1.54) is 12.5 Å². The van der Waals surface area contributed by atoms with Crippen LogP contribution < -0.4 is 27.4 Å². The van der Waals surface area contributed by atoms with Crippen LogP contribution in [0.3, 0.4) is 0 Å². The first-order chi connectivity index (χ1) is 17.3. The summed E-state index contributed by atoms with van der Waals surface area (Å²) in [5.74, 6) is -5.70. The van der Waals surface area contributed by atoms with E-state index in [1.807, 2.05) is 0 Å². The Labute approximate surface area is 213 Å². The van der Waals surface area contributed by atoms with Gasteiger partial charge in [-0.05, 0) is 25.2 Å². The molecule has 0 aliphatic rings. The first-order valence-corrected chi connectivity index (χ1v) is 11.7. The summed E-state index contributed by atoms with van der Waals surface area (Å²) in [6.07, 6.45) is 1.81. The summed E-state index contributed by atoms with van der Waals surface area (Å²) >= 11 is 0. The van der Waals surface area contributed by atoms with E-state index in [9.17, 15) is 33.9 Å². The number of imidazole rings is 1. The number of aromatic nitrogens is 2. The summed E-state index contributed by atoms with van der Waals surface area (Å²) in [4.78, 5) is 78.6. The molecule has 0 radical (unpaired) electrons. The molecule has 4 amide bonds. The van der Waals surface area contributed by atoms with Crippen molar-refractivity contribution in [3.8, 4) is 0 Å². The molecule has 0 spiro atoms. The minimum Gasteiger partial charge on any atom is -0.481 e. The predicted octanol–water partition coefficient (Wildman–Crippen LogP) is -2.01. The molecule has 0 saturated heterocycles. The van der Waals surface area contributed by atoms with Gasteiger partial charge in [0, 0.05) is 31.2 Å². The lowest BCUT2D eigenvalue weighted by Crippen LogP contribution is -2.57. The number of hydrogen-bond acceptors (Lipinski definition) is 8. The minimum absolute atomic E-state index is 0.0795. The van der Waals surface area contributed by atoms with Crippen LogP contribution in [0.15, 0.2) is 12.5 Å². The van der Waals surface area contributed by atoms with Crippen molar-refractivity contribution in [2.45, 2.75) is 76.5 Å². The van der Waals surface area contributed by atoms with Crippen LogP contribution in [0.5, 0.6) is 0 Å². The highest BCUT2D eigenvalue weighted by molar-refractivity contribution is 5.94. The second-order valence-electron chi connectivity index (χ2n) is 8.98. The van der Waals surface area contributed by atoms with E-state index < -0.39 is 66.2 Å². The summed E-state index contributed by atoms with van der Waals surface area (Å²) in [5.41, 5.74) is 11.3. The number of carbonyl (C=O) groups excluding carboxylic acids is 4. The van der Waals surface area contributed by atoms with E-state index in [0.29, 0.717) is 5.69 Å². The Morgan fingerprint density at radius 1 is 0.919 bits per heavy atom. The number of rotatable bonds is 17. The van der Waals surface area contributed by atoms with Crippen molar-refractivity contribution in [3.63, 3.8) is 0 Å². The topological polar surface area (TPSA) is 260 Å². The number of nitrogens with one attached hydrogen (secondary N) is 4. The van der Waals surface area contributed by atoms with Gasteiger partial charge in [-0.25, -0.2) is 9.78 Å². The Bertz CT molecular complexity index is 951. The predicted molar refractivity (Wildman–Crippen MR) is 128 cm³/mol. The van der Waals surface area contributed by atoms with Crippen molar-refractivity contribution in [2.24, 2.45) is 17.4 Å². The van der Waals surface area contributed by atoms with E-state index in [-0.39, 0.29) is 38.0 Å². The fourth-order valence-electron chi connectivity index (χ4n) is 3.31. The zero-order valence-electron chi connectivity index (χ0n) is 20.7. The van der Waals surface area contributed by atoms with Gasteiger partial charge in [0.1, 0.15) is 18.1 Å². The molecule has 0 aliphatic heterocycles. The van der Waals surface area contributed by atoms with Crippen LogP contribution in [0, 0.1) is 5.92 Å². The van der Waals surface area contributed by atoms with E-state index in [2.05, 4.69) is 25.9 Å². The second kappa shape index (κ2) is 15.2. The Balaban J connectivity index is 2.99. The van der Waals surface area contributed by atoms with Gasteiger partial charge in [-0.15, -0.1) is 0 Å². The highest BCUT2D eigenvalue weighted by atomic mass is 16.4. The average Bonchev–Trinajstić information content (AvgIpc) is 3.31. The third kappa shape index (κ3) is 12.0. The van der Waals surface area contributed by atoms with Crippen LogP contribution in [-0.2, 0) is 35.2 Å². The standard InChI is InChI=1S/C22H35N7O8/c1-11(2)7-15(21(35)29-16(22(36)37)8-12-9-25-10-26-12)28-20(34)14(4-6-18(31)32)27-19(33)13(23)3-5-17(24)30/h9-11,13-16H,3-8,23H2,1-2H3,(H2,24,30)(H,25,26)(H,27,33)(H,28,34)(H,29,35)(H,31,32)(H,36,37). The number of primary amides is 1.